The van der Waals surface area contributed by atoms with Crippen LogP contribution in [0.25, 0.3) is 10.2 Å². The molecule has 0 aliphatic rings. The number of para-hydroxylation sites is 1. The van der Waals surface area contributed by atoms with Gasteiger partial charge in [-0.15, -0.1) is 11.3 Å². The molecule has 112 valence electrons. The average molecular weight is 375 g/mol. The van der Waals surface area contributed by atoms with Crippen molar-refractivity contribution >= 4 is 43.4 Å². The van der Waals surface area contributed by atoms with Gasteiger partial charge in [-0.25, -0.2) is 4.98 Å². The predicted octanol–water partition coefficient (Wildman–Crippen LogP) is 4.31. The number of thiazole rings is 1. The summed E-state index contributed by atoms with van der Waals surface area (Å²) < 4.78 is 2.20. The van der Waals surface area contributed by atoms with E-state index in [0.717, 1.165) is 31.7 Å². The van der Waals surface area contributed by atoms with Gasteiger partial charge < -0.3 is 5.32 Å². The number of hydrogen-bond acceptors (Lipinski definition) is 3. The van der Waals surface area contributed by atoms with Crippen molar-refractivity contribution in [1.82, 2.24) is 10.3 Å². The Balaban J connectivity index is 1.51. The Morgan fingerprint density at radius 2 is 2.05 bits per heavy atom. The number of aryl methyl sites for hydroxylation is 1. The molecule has 3 rings (SSSR count). The Labute approximate surface area is 141 Å². The number of benzene rings is 2. The first kappa shape index (κ1) is 15.2. The van der Waals surface area contributed by atoms with Crippen LogP contribution in [0.3, 0.4) is 0 Å². The van der Waals surface area contributed by atoms with E-state index in [2.05, 4.69) is 26.2 Å². The van der Waals surface area contributed by atoms with Gasteiger partial charge in [-0.2, -0.15) is 0 Å². The van der Waals surface area contributed by atoms with Crippen molar-refractivity contribution in [1.29, 1.82) is 0 Å². The molecule has 0 aliphatic heterocycles. The summed E-state index contributed by atoms with van der Waals surface area (Å²) >= 11 is 5.06. The number of carbonyl (C=O) groups excluding carboxylic acids is 1. The number of nitrogens with one attached hydrogen (secondary N) is 1. The van der Waals surface area contributed by atoms with Crippen LogP contribution in [-0.4, -0.2) is 10.9 Å². The molecule has 1 aromatic heterocycles. The number of amides is 1. The van der Waals surface area contributed by atoms with E-state index >= 15 is 0 Å². The predicted molar refractivity (Wildman–Crippen MR) is 93.9 cm³/mol. The molecule has 0 radical (unpaired) electrons. The van der Waals surface area contributed by atoms with Crippen LogP contribution in [0.2, 0.25) is 0 Å². The van der Waals surface area contributed by atoms with Gasteiger partial charge in [0.05, 0.1) is 16.8 Å². The third-order valence-electron chi connectivity index (χ3n) is 3.30. The van der Waals surface area contributed by atoms with Gasteiger partial charge in [0, 0.05) is 10.9 Å². The molecule has 5 heteroatoms. The normalized spacial score (nSPS) is 10.8. The van der Waals surface area contributed by atoms with Crippen molar-refractivity contribution in [2.75, 3.05) is 0 Å². The van der Waals surface area contributed by atoms with E-state index in [1.165, 1.54) is 0 Å². The lowest BCUT2D eigenvalue weighted by molar-refractivity contribution is -0.121. The summed E-state index contributed by atoms with van der Waals surface area (Å²) in [6, 6.07) is 16.1. The molecule has 22 heavy (non-hydrogen) atoms. The molecule has 0 spiro atoms. The van der Waals surface area contributed by atoms with Crippen molar-refractivity contribution < 1.29 is 4.79 Å². The third kappa shape index (κ3) is 3.93. The van der Waals surface area contributed by atoms with Crippen LogP contribution >= 0.6 is 27.3 Å². The average Bonchev–Trinajstić information content (AvgIpc) is 2.94. The SMILES string of the molecule is O=C(CCc1cccc(Br)c1)NCc1nc2ccccc2s1. The second kappa shape index (κ2) is 7.03. The first-order chi connectivity index (χ1) is 10.7. The van der Waals surface area contributed by atoms with Gasteiger partial charge in [-0.1, -0.05) is 40.2 Å². The molecule has 0 unspecified atom stereocenters. The first-order valence-electron chi connectivity index (χ1n) is 7.06. The molecule has 0 saturated carbocycles. The minimum atomic E-state index is 0.0548. The zero-order chi connectivity index (χ0) is 15.4. The van der Waals surface area contributed by atoms with Crippen LogP contribution in [0.1, 0.15) is 17.0 Å². The van der Waals surface area contributed by atoms with Crippen LogP contribution in [0.5, 0.6) is 0 Å². The van der Waals surface area contributed by atoms with E-state index in [4.69, 9.17) is 0 Å². The molecule has 3 aromatic rings. The fourth-order valence-corrected chi connectivity index (χ4v) is 3.56. The number of aromatic nitrogens is 1. The van der Waals surface area contributed by atoms with Crippen LogP contribution in [-0.2, 0) is 17.8 Å². The lowest BCUT2D eigenvalue weighted by Gasteiger charge is -2.04. The molecule has 0 aliphatic carbocycles. The summed E-state index contributed by atoms with van der Waals surface area (Å²) in [7, 11) is 0. The highest BCUT2D eigenvalue weighted by atomic mass is 79.9. The highest BCUT2D eigenvalue weighted by Crippen LogP contribution is 2.21. The first-order valence-corrected chi connectivity index (χ1v) is 8.67. The molecule has 0 saturated heterocycles. The van der Waals surface area contributed by atoms with Gasteiger partial charge in [-0.05, 0) is 36.2 Å². The van der Waals surface area contributed by atoms with Crippen molar-refractivity contribution in [2.24, 2.45) is 0 Å². The summed E-state index contributed by atoms with van der Waals surface area (Å²) in [6.45, 7) is 0.497. The summed E-state index contributed by atoms with van der Waals surface area (Å²) in [5.74, 6) is 0.0548. The van der Waals surface area contributed by atoms with E-state index in [9.17, 15) is 4.79 Å². The maximum absolute atomic E-state index is 11.9. The Bertz CT molecular complexity index is 767. The van der Waals surface area contributed by atoms with E-state index in [-0.39, 0.29) is 5.91 Å². The van der Waals surface area contributed by atoms with Gasteiger partial charge >= 0.3 is 0 Å². The Hall–Kier alpha value is -1.72. The number of carbonyl (C=O) groups is 1. The van der Waals surface area contributed by atoms with Crippen molar-refractivity contribution in [3.8, 4) is 0 Å². The fourth-order valence-electron chi connectivity index (χ4n) is 2.21. The van der Waals surface area contributed by atoms with Crippen LogP contribution in [0.4, 0.5) is 0 Å². The molecule has 2 aromatic carbocycles. The lowest BCUT2D eigenvalue weighted by atomic mass is 10.1. The lowest BCUT2D eigenvalue weighted by Crippen LogP contribution is -2.22. The minimum Gasteiger partial charge on any atom is -0.350 e. The number of halogens is 1. The van der Waals surface area contributed by atoms with Gasteiger partial charge in [0.1, 0.15) is 5.01 Å². The topological polar surface area (TPSA) is 42.0 Å². The summed E-state index contributed by atoms with van der Waals surface area (Å²) in [6.07, 6.45) is 1.23. The van der Waals surface area contributed by atoms with Crippen LogP contribution in [0, 0.1) is 0 Å². The maximum Gasteiger partial charge on any atom is 0.220 e. The minimum absolute atomic E-state index is 0.0548. The monoisotopic (exact) mass is 374 g/mol. The molecule has 1 heterocycles. The molecule has 1 amide bonds. The maximum atomic E-state index is 11.9. The quantitative estimate of drug-likeness (QED) is 0.722. The number of rotatable bonds is 5. The Morgan fingerprint density at radius 1 is 1.18 bits per heavy atom. The highest BCUT2D eigenvalue weighted by molar-refractivity contribution is 9.10. The summed E-state index contributed by atoms with van der Waals surface area (Å²) in [4.78, 5) is 16.5. The smallest absolute Gasteiger partial charge is 0.220 e. The molecule has 3 nitrogen and oxygen atoms in total. The van der Waals surface area contributed by atoms with Crippen molar-refractivity contribution in [3.63, 3.8) is 0 Å². The third-order valence-corrected chi connectivity index (χ3v) is 4.83. The van der Waals surface area contributed by atoms with Crippen LogP contribution in [0.15, 0.2) is 53.0 Å². The second-order valence-electron chi connectivity index (χ2n) is 4.98. The van der Waals surface area contributed by atoms with E-state index in [0.29, 0.717) is 13.0 Å². The second-order valence-corrected chi connectivity index (χ2v) is 7.01. The van der Waals surface area contributed by atoms with Gasteiger partial charge in [-0.3, -0.25) is 4.79 Å². The molecular weight excluding hydrogens is 360 g/mol. The van der Waals surface area contributed by atoms with Crippen molar-refractivity contribution in [2.45, 2.75) is 19.4 Å². The molecule has 0 fully saturated rings. The summed E-state index contributed by atoms with van der Waals surface area (Å²) in [5.41, 5.74) is 2.15. The molecular formula is C17H15BrN2OS. The number of fused-ring (bicyclic) bond motifs is 1. The van der Waals surface area contributed by atoms with E-state index in [1.54, 1.807) is 11.3 Å². The standard InChI is InChI=1S/C17H15BrN2OS/c18-13-5-3-4-12(10-13)8-9-16(21)19-11-17-20-14-6-1-2-7-15(14)22-17/h1-7,10H,8-9,11H2,(H,19,21). The van der Waals surface area contributed by atoms with Gasteiger partial charge in [0.2, 0.25) is 5.91 Å². The van der Waals surface area contributed by atoms with Gasteiger partial charge in [0.25, 0.3) is 0 Å². The largest absolute Gasteiger partial charge is 0.350 e. The molecule has 0 atom stereocenters. The fraction of sp³-hybridized carbons (Fsp3) is 0.176. The Kier molecular flexibility index (Phi) is 4.85. The number of hydrogen-bond donors (Lipinski definition) is 1. The zero-order valence-corrected chi connectivity index (χ0v) is 14.3. The zero-order valence-electron chi connectivity index (χ0n) is 11.9. The van der Waals surface area contributed by atoms with Crippen LogP contribution < -0.4 is 5.32 Å². The highest BCUT2D eigenvalue weighted by Gasteiger charge is 2.06. The van der Waals surface area contributed by atoms with E-state index in [1.807, 2.05) is 48.5 Å². The molecule has 1 N–H and O–H groups in total. The molecule has 0 bridgehead atoms. The van der Waals surface area contributed by atoms with E-state index < -0.39 is 0 Å². The Morgan fingerprint density at radius 3 is 2.86 bits per heavy atom. The number of nitrogens with zero attached hydrogens (tertiary/aromatic N) is 1. The van der Waals surface area contributed by atoms with Gasteiger partial charge in [0.15, 0.2) is 0 Å². The van der Waals surface area contributed by atoms with Crippen molar-refractivity contribution in [3.05, 3.63) is 63.6 Å². The summed E-state index contributed by atoms with van der Waals surface area (Å²) in [5, 5.41) is 3.88.